The van der Waals surface area contributed by atoms with Gasteiger partial charge in [0, 0.05) is 43.9 Å². The minimum Gasteiger partial charge on any atom is -0.309 e. The summed E-state index contributed by atoms with van der Waals surface area (Å²) in [5, 5.41) is 25.0. The fourth-order valence-corrected chi connectivity index (χ4v) is 7.35. The average Bonchev–Trinajstić information content (AvgIpc) is 3.67. The third kappa shape index (κ3) is 4.07. The summed E-state index contributed by atoms with van der Waals surface area (Å²) in [7, 11) is 0. The van der Waals surface area contributed by atoms with Gasteiger partial charge in [-0.3, -0.25) is 0 Å². The van der Waals surface area contributed by atoms with Crippen molar-refractivity contribution in [1.29, 1.82) is 10.5 Å². The van der Waals surface area contributed by atoms with Crippen LogP contribution in [0.15, 0.2) is 158 Å². The van der Waals surface area contributed by atoms with Gasteiger partial charge in [-0.2, -0.15) is 10.5 Å². The molecule has 7 aromatic carbocycles. The molecule has 9 aromatic rings. The van der Waals surface area contributed by atoms with E-state index < -0.39 is 0 Å². The Labute approximate surface area is 277 Å². The van der Waals surface area contributed by atoms with Crippen LogP contribution in [0.2, 0.25) is 0 Å². The van der Waals surface area contributed by atoms with Crippen LogP contribution in [0.25, 0.3) is 77.2 Å². The summed E-state index contributed by atoms with van der Waals surface area (Å²) in [5.41, 5.74) is 11.3. The zero-order valence-corrected chi connectivity index (χ0v) is 25.8. The molecule has 0 radical (unpaired) electrons. The molecule has 0 amide bonds. The second kappa shape index (κ2) is 10.9. The van der Waals surface area contributed by atoms with E-state index in [0.29, 0.717) is 11.1 Å². The Kier molecular flexibility index (Phi) is 6.22. The summed E-state index contributed by atoms with van der Waals surface area (Å²) < 4.78 is 4.55. The van der Waals surface area contributed by atoms with Gasteiger partial charge >= 0.3 is 0 Å². The van der Waals surface area contributed by atoms with Crippen molar-refractivity contribution >= 4 is 43.6 Å². The van der Waals surface area contributed by atoms with E-state index in [-0.39, 0.29) is 0 Å². The van der Waals surface area contributed by atoms with Crippen molar-refractivity contribution in [2.75, 3.05) is 0 Å². The van der Waals surface area contributed by atoms with Crippen molar-refractivity contribution in [3.63, 3.8) is 0 Å². The standard InChI is InChI=1S/C44H26N4/c45-27-29-23-24-44-38(25-29)37-16-4-8-22-43(37)48(44)42-21-7-1-13-34(42)33-18-10-17-32(39(33)28-46)30-11-9-12-31(26-30)47-40-19-5-2-14-35(40)36-15-3-6-20-41(36)47/h1-26H. The van der Waals surface area contributed by atoms with Gasteiger partial charge in [-0.05, 0) is 60.2 Å². The molecule has 0 bridgehead atoms. The summed E-state index contributed by atoms with van der Waals surface area (Å²) in [6, 6.07) is 58.9. The predicted molar refractivity (Wildman–Crippen MR) is 195 cm³/mol. The van der Waals surface area contributed by atoms with Crippen LogP contribution in [0.1, 0.15) is 11.1 Å². The molecule has 9 rings (SSSR count). The maximum atomic E-state index is 10.8. The topological polar surface area (TPSA) is 57.4 Å². The van der Waals surface area contributed by atoms with Crippen molar-refractivity contribution in [2.24, 2.45) is 0 Å². The minimum absolute atomic E-state index is 0.622. The van der Waals surface area contributed by atoms with Gasteiger partial charge in [0.05, 0.1) is 45.0 Å². The number of hydrogen-bond acceptors (Lipinski definition) is 2. The molecule has 0 saturated carbocycles. The van der Waals surface area contributed by atoms with Gasteiger partial charge in [0.2, 0.25) is 0 Å². The first kappa shape index (κ1) is 27.4. The molecule has 4 nitrogen and oxygen atoms in total. The van der Waals surface area contributed by atoms with Gasteiger partial charge in [0.15, 0.2) is 0 Å². The number of aromatic nitrogens is 2. The molecule has 0 fully saturated rings. The molecule has 0 aliphatic heterocycles. The van der Waals surface area contributed by atoms with Crippen LogP contribution in [0.3, 0.4) is 0 Å². The smallest absolute Gasteiger partial charge is 0.100 e. The van der Waals surface area contributed by atoms with Gasteiger partial charge in [0.1, 0.15) is 6.07 Å². The van der Waals surface area contributed by atoms with Gasteiger partial charge in [-0.25, -0.2) is 0 Å². The van der Waals surface area contributed by atoms with E-state index in [9.17, 15) is 10.5 Å². The Hall–Kier alpha value is -6.88. The lowest BCUT2D eigenvalue weighted by molar-refractivity contribution is 1.18. The number of rotatable bonds is 4. The minimum atomic E-state index is 0.622. The molecule has 0 aliphatic rings. The molecular formula is C44H26N4. The van der Waals surface area contributed by atoms with E-state index in [4.69, 9.17) is 0 Å². The molecular weight excluding hydrogens is 585 g/mol. The maximum Gasteiger partial charge on any atom is 0.100 e. The molecule has 0 unspecified atom stereocenters. The Morgan fingerprint density at radius 1 is 0.396 bits per heavy atom. The molecule has 2 aromatic heterocycles. The Morgan fingerprint density at radius 3 is 1.67 bits per heavy atom. The molecule has 4 heteroatoms. The van der Waals surface area contributed by atoms with E-state index in [1.54, 1.807) is 0 Å². The first-order valence-corrected chi connectivity index (χ1v) is 15.9. The number of benzene rings is 7. The SMILES string of the molecule is N#Cc1ccc2c(c1)c1ccccc1n2-c1ccccc1-c1cccc(-c2cccc(-n3c4ccccc4c4ccccc43)c2)c1C#N. The summed E-state index contributed by atoms with van der Waals surface area (Å²) in [6.45, 7) is 0. The summed E-state index contributed by atoms with van der Waals surface area (Å²) in [4.78, 5) is 0. The number of hydrogen-bond donors (Lipinski definition) is 0. The lowest BCUT2D eigenvalue weighted by Gasteiger charge is -2.17. The lowest BCUT2D eigenvalue weighted by atomic mass is 9.91. The molecule has 0 N–H and O–H groups in total. The van der Waals surface area contributed by atoms with Crippen molar-refractivity contribution in [1.82, 2.24) is 9.13 Å². The second-order valence-electron chi connectivity index (χ2n) is 12.0. The highest BCUT2D eigenvalue weighted by Gasteiger charge is 2.19. The number of fused-ring (bicyclic) bond motifs is 6. The van der Waals surface area contributed by atoms with Crippen molar-refractivity contribution < 1.29 is 0 Å². The molecule has 48 heavy (non-hydrogen) atoms. The van der Waals surface area contributed by atoms with E-state index >= 15 is 0 Å². The summed E-state index contributed by atoms with van der Waals surface area (Å²) in [5.74, 6) is 0. The quantitative estimate of drug-likeness (QED) is 0.199. The first-order valence-electron chi connectivity index (χ1n) is 15.9. The molecule has 0 saturated heterocycles. The Balaban J connectivity index is 1.25. The van der Waals surface area contributed by atoms with Crippen molar-refractivity contribution in [3.05, 3.63) is 169 Å². The van der Waals surface area contributed by atoms with E-state index in [2.05, 4.69) is 118 Å². The second-order valence-corrected chi connectivity index (χ2v) is 12.0. The van der Waals surface area contributed by atoms with Crippen LogP contribution in [-0.4, -0.2) is 9.13 Å². The van der Waals surface area contributed by atoms with Crippen LogP contribution in [0.5, 0.6) is 0 Å². The van der Waals surface area contributed by atoms with Crippen LogP contribution in [0, 0.1) is 22.7 Å². The van der Waals surface area contributed by atoms with Gasteiger partial charge in [0.25, 0.3) is 0 Å². The van der Waals surface area contributed by atoms with Crippen LogP contribution < -0.4 is 0 Å². The van der Waals surface area contributed by atoms with Crippen molar-refractivity contribution in [3.8, 4) is 45.8 Å². The van der Waals surface area contributed by atoms with Gasteiger partial charge < -0.3 is 9.13 Å². The zero-order valence-electron chi connectivity index (χ0n) is 25.8. The molecule has 0 spiro atoms. The first-order chi connectivity index (χ1) is 23.7. The van der Waals surface area contributed by atoms with Crippen molar-refractivity contribution in [2.45, 2.75) is 0 Å². The predicted octanol–water partition coefficient (Wildman–Crippen LogP) is 11.0. The van der Waals surface area contributed by atoms with Gasteiger partial charge in [-0.1, -0.05) is 103 Å². The normalized spacial score (nSPS) is 11.3. The highest BCUT2D eigenvalue weighted by molar-refractivity contribution is 6.11. The Morgan fingerprint density at radius 2 is 0.958 bits per heavy atom. The third-order valence-electron chi connectivity index (χ3n) is 9.41. The largest absolute Gasteiger partial charge is 0.309 e. The highest BCUT2D eigenvalue weighted by atomic mass is 15.0. The van der Waals surface area contributed by atoms with E-state index in [1.165, 1.54) is 10.8 Å². The summed E-state index contributed by atoms with van der Waals surface area (Å²) in [6.07, 6.45) is 0. The average molecular weight is 611 g/mol. The number of para-hydroxylation sites is 4. The maximum absolute atomic E-state index is 10.8. The highest BCUT2D eigenvalue weighted by Crippen LogP contribution is 2.40. The number of nitrogens with zero attached hydrogens (tertiary/aromatic N) is 4. The van der Waals surface area contributed by atoms with Crippen LogP contribution in [0.4, 0.5) is 0 Å². The molecule has 0 atom stereocenters. The summed E-state index contributed by atoms with van der Waals surface area (Å²) >= 11 is 0. The zero-order chi connectivity index (χ0) is 32.2. The fraction of sp³-hybridized carbons (Fsp3) is 0. The fourth-order valence-electron chi connectivity index (χ4n) is 7.35. The lowest BCUT2D eigenvalue weighted by Crippen LogP contribution is -1.99. The van der Waals surface area contributed by atoms with Crippen LogP contribution in [-0.2, 0) is 0 Å². The van der Waals surface area contributed by atoms with Crippen LogP contribution >= 0.6 is 0 Å². The number of nitriles is 2. The Bertz CT molecular complexity index is 2760. The monoisotopic (exact) mass is 610 g/mol. The van der Waals surface area contributed by atoms with E-state index in [0.717, 1.165) is 66.5 Å². The van der Waals surface area contributed by atoms with Gasteiger partial charge in [-0.15, -0.1) is 0 Å². The third-order valence-corrected chi connectivity index (χ3v) is 9.41. The molecule has 2 heterocycles. The molecule has 0 aliphatic carbocycles. The van der Waals surface area contributed by atoms with E-state index in [1.807, 2.05) is 60.7 Å². The molecule has 222 valence electrons.